The Balaban J connectivity index is 1.24. The molecule has 0 saturated carbocycles. The van der Waals surface area contributed by atoms with Gasteiger partial charge in [0.1, 0.15) is 0 Å². The third kappa shape index (κ3) is 7.73. The van der Waals surface area contributed by atoms with Gasteiger partial charge < -0.3 is 9.13 Å². The molecule has 3 heterocycles. The van der Waals surface area contributed by atoms with Crippen LogP contribution in [-0.2, 0) is 0 Å². The molecule has 12 heteroatoms. The van der Waals surface area contributed by atoms with Gasteiger partial charge in [0.05, 0.1) is 119 Å². The molecule has 12 nitrogen and oxygen atoms in total. The van der Waals surface area contributed by atoms with E-state index in [1.165, 1.54) is 0 Å². The third-order valence-electron chi connectivity index (χ3n) is 14.5. The van der Waals surface area contributed by atoms with Crippen LogP contribution < -0.4 is 0 Å². The van der Waals surface area contributed by atoms with Gasteiger partial charge in [-0.25, -0.2) is 14.5 Å². The molecule has 80 heavy (non-hydrogen) atoms. The summed E-state index contributed by atoms with van der Waals surface area (Å²) >= 11 is 0. The molecule has 3 aromatic heterocycles. The van der Waals surface area contributed by atoms with Crippen molar-refractivity contribution in [2.75, 3.05) is 0 Å². The van der Waals surface area contributed by atoms with Gasteiger partial charge in [-0.1, -0.05) is 103 Å². The quantitative estimate of drug-likeness (QED) is 0.143. The predicted molar refractivity (Wildman–Crippen MR) is 307 cm³/mol. The highest BCUT2D eigenvalue weighted by Gasteiger charge is 2.26. The van der Waals surface area contributed by atoms with Gasteiger partial charge in [0.2, 0.25) is 0 Å². The van der Waals surface area contributed by atoms with E-state index >= 15 is 0 Å². The lowest BCUT2D eigenvalue weighted by Gasteiger charge is -2.21. The zero-order valence-corrected chi connectivity index (χ0v) is 41.7. The van der Waals surface area contributed by atoms with Gasteiger partial charge in [-0.05, 0) is 111 Å². The van der Waals surface area contributed by atoms with Crippen molar-refractivity contribution >= 4 is 60.7 Å². The van der Waals surface area contributed by atoms with E-state index in [9.17, 15) is 31.6 Å². The maximum atomic E-state index is 11.0. The molecule has 0 unspecified atom stereocenters. The average molecular weight is 1020 g/mol. The number of hydrogen-bond donors (Lipinski definition) is 0. The Bertz CT molecular complexity index is 4590. The minimum absolute atomic E-state index is 0.296. The number of aromatic nitrogens is 3. The minimum Gasteiger partial charge on any atom is -0.307 e. The molecule has 0 amide bonds. The number of rotatable bonds is 7. The SMILES string of the molecule is [C-]#[N+]c1ccc(-c2ccc3c4ccc(-c5ccc(C#N)cc5C#N)cc4n(-c4cncc(-n5c6cc(-c7ccc([N+]#[C-])cc7C#N)ccc6c6ccc(-c7ccc(C#N)cc7[N+]#[C-])cc65)c4-c4ccccc4C#N)c3c2)c(C#N)c1. The average Bonchev–Trinajstić information content (AvgIpc) is 4.23. The van der Waals surface area contributed by atoms with Crippen molar-refractivity contribution in [3.05, 3.63) is 250 Å². The fourth-order valence-corrected chi connectivity index (χ4v) is 10.9. The molecular weight excluding hydrogens is 985 g/mol. The van der Waals surface area contributed by atoms with Crippen LogP contribution in [0.2, 0.25) is 0 Å². The summed E-state index contributed by atoms with van der Waals surface area (Å²) in [5.74, 6) is 0. The summed E-state index contributed by atoms with van der Waals surface area (Å²) < 4.78 is 4.16. The standard InChI is InChI=1S/C68H30N12/c1-75-50-14-22-53(48(26-50)36-73)43-11-19-58-57-18-10-42(52-16-8-40(32-69)24-47(52)35-72)28-62(57)79(63(58)29-43)66-38-78-39-67(68(66)56-7-5-4-6-46(56)34-71)80-64-30-44(54-23-15-51(76-2)27-49(54)37-74)12-20-59(64)60-21-13-45(31-65(60)80)55-17-9-41(33-70)25-61(55)77-3/h4-31,38-39H. The Kier molecular flexibility index (Phi) is 11.7. The molecule has 0 bridgehead atoms. The first-order valence-electron chi connectivity index (χ1n) is 24.6. The second-order valence-electron chi connectivity index (χ2n) is 18.7. The Morgan fingerprint density at radius 2 is 0.750 bits per heavy atom. The molecule has 0 aliphatic rings. The smallest absolute Gasteiger partial charge is 0.196 e. The first-order valence-corrected chi connectivity index (χ1v) is 24.6. The number of hydrogen-bond acceptors (Lipinski definition) is 7. The van der Waals surface area contributed by atoms with Gasteiger partial charge in [-0.15, -0.1) is 0 Å². The van der Waals surface area contributed by atoms with Crippen molar-refractivity contribution in [3.63, 3.8) is 0 Å². The van der Waals surface area contributed by atoms with E-state index in [1.54, 1.807) is 97.3 Å². The fraction of sp³-hybridized carbons (Fsp3) is 0. The number of pyridine rings is 1. The Hall–Kier alpha value is -12.9. The van der Waals surface area contributed by atoms with Crippen LogP contribution in [0.5, 0.6) is 0 Å². The van der Waals surface area contributed by atoms with E-state index in [2.05, 4.69) is 60.1 Å². The molecule has 0 radical (unpaired) electrons. The highest BCUT2D eigenvalue weighted by molar-refractivity contribution is 6.14. The van der Waals surface area contributed by atoms with E-state index in [4.69, 9.17) is 24.7 Å². The molecule has 0 fully saturated rings. The van der Waals surface area contributed by atoms with Gasteiger partial charge >= 0.3 is 0 Å². The van der Waals surface area contributed by atoms with Gasteiger partial charge in [-0.2, -0.15) is 31.6 Å². The molecule has 0 saturated heterocycles. The molecule has 0 atom stereocenters. The summed E-state index contributed by atoms with van der Waals surface area (Å²) in [6.07, 6.45) is 3.50. The van der Waals surface area contributed by atoms with Crippen molar-refractivity contribution in [1.29, 1.82) is 31.6 Å². The Morgan fingerprint density at radius 1 is 0.350 bits per heavy atom. The topological polar surface area (TPSA) is 179 Å². The van der Waals surface area contributed by atoms with Crippen molar-refractivity contribution < 1.29 is 0 Å². The highest BCUT2D eigenvalue weighted by atomic mass is 15.0. The van der Waals surface area contributed by atoms with E-state index in [1.807, 2.05) is 84.9 Å². The lowest BCUT2D eigenvalue weighted by Crippen LogP contribution is -2.06. The first kappa shape index (κ1) is 48.1. The minimum atomic E-state index is 0.296. The van der Waals surface area contributed by atoms with E-state index in [0.717, 1.165) is 21.5 Å². The van der Waals surface area contributed by atoms with Crippen LogP contribution in [0.25, 0.3) is 125 Å². The first-order chi connectivity index (χ1) is 39.2. The van der Waals surface area contributed by atoms with Crippen LogP contribution in [0, 0.1) is 87.7 Å². The van der Waals surface area contributed by atoms with E-state index < -0.39 is 0 Å². The Labute approximate surface area is 457 Å². The summed E-state index contributed by atoms with van der Waals surface area (Å²) in [7, 11) is 0. The molecule has 9 aromatic carbocycles. The van der Waals surface area contributed by atoms with Crippen LogP contribution in [-0.4, -0.2) is 14.1 Å². The van der Waals surface area contributed by atoms with Crippen molar-refractivity contribution in [2.24, 2.45) is 0 Å². The fourth-order valence-electron chi connectivity index (χ4n) is 10.9. The van der Waals surface area contributed by atoms with Crippen LogP contribution in [0.4, 0.5) is 17.1 Å². The van der Waals surface area contributed by atoms with Crippen molar-refractivity contribution in [1.82, 2.24) is 14.1 Å². The van der Waals surface area contributed by atoms with E-state index in [0.29, 0.717) is 140 Å². The highest BCUT2D eigenvalue weighted by Crippen LogP contribution is 2.46. The monoisotopic (exact) mass is 1010 g/mol. The molecule has 12 aromatic rings. The maximum absolute atomic E-state index is 11.0. The molecule has 0 aliphatic carbocycles. The number of benzene rings is 9. The second-order valence-corrected chi connectivity index (χ2v) is 18.7. The normalized spacial score (nSPS) is 10.6. The molecule has 0 aliphatic heterocycles. The van der Waals surface area contributed by atoms with Crippen LogP contribution in [0.1, 0.15) is 33.4 Å². The largest absolute Gasteiger partial charge is 0.307 e. The van der Waals surface area contributed by atoms with E-state index in [-0.39, 0.29) is 0 Å². The second kappa shape index (κ2) is 19.4. The summed E-state index contributed by atoms with van der Waals surface area (Å²) in [6, 6.07) is 64.7. The summed E-state index contributed by atoms with van der Waals surface area (Å²) in [6.45, 7) is 23.5. The Morgan fingerprint density at radius 3 is 1.18 bits per heavy atom. The zero-order chi connectivity index (χ0) is 55.2. The van der Waals surface area contributed by atoms with Gasteiger partial charge in [-0.3, -0.25) is 4.98 Å². The van der Waals surface area contributed by atoms with Crippen molar-refractivity contribution in [2.45, 2.75) is 0 Å². The molecule has 362 valence electrons. The van der Waals surface area contributed by atoms with Gasteiger partial charge in [0.25, 0.3) is 0 Å². The molecule has 0 spiro atoms. The maximum Gasteiger partial charge on any atom is 0.196 e. The molecule has 12 rings (SSSR count). The van der Waals surface area contributed by atoms with Crippen LogP contribution >= 0.6 is 0 Å². The lowest BCUT2D eigenvalue weighted by molar-refractivity contribution is 1.09. The van der Waals surface area contributed by atoms with Crippen LogP contribution in [0.3, 0.4) is 0 Å². The summed E-state index contributed by atoms with van der Waals surface area (Å²) in [5.41, 5.74) is 13.3. The number of fused-ring (bicyclic) bond motifs is 6. The van der Waals surface area contributed by atoms with Crippen LogP contribution in [0.15, 0.2) is 182 Å². The molecular formula is C68H30N12. The lowest BCUT2D eigenvalue weighted by atomic mass is 9.96. The summed E-state index contributed by atoms with van der Waals surface area (Å²) in [4.78, 5) is 16.0. The van der Waals surface area contributed by atoms with Gasteiger partial charge in [0.15, 0.2) is 17.1 Å². The van der Waals surface area contributed by atoms with Crippen molar-refractivity contribution in [3.8, 4) is 103 Å². The molecule has 0 N–H and O–H groups in total. The summed E-state index contributed by atoms with van der Waals surface area (Å²) in [5, 5.41) is 65.2. The number of nitrogens with zero attached hydrogens (tertiary/aromatic N) is 12. The van der Waals surface area contributed by atoms with Gasteiger partial charge in [0, 0.05) is 49.4 Å². The predicted octanol–water partition coefficient (Wildman–Crippen LogP) is 16.5. The zero-order valence-electron chi connectivity index (χ0n) is 41.7. The number of nitriles is 6. The third-order valence-corrected chi connectivity index (χ3v) is 14.5.